The average Bonchev–Trinajstić information content (AvgIpc) is 2.70. The number of aromatic nitrogens is 2. The van der Waals surface area contributed by atoms with Gasteiger partial charge in [-0.2, -0.15) is 0 Å². The molecule has 1 aromatic carbocycles. The molecule has 0 aliphatic heterocycles. The van der Waals surface area contributed by atoms with Crippen LogP contribution < -0.4 is 0 Å². The third-order valence-electron chi connectivity index (χ3n) is 2.58. The van der Waals surface area contributed by atoms with Gasteiger partial charge >= 0.3 is 5.97 Å². The van der Waals surface area contributed by atoms with E-state index >= 15 is 0 Å². The number of nitrogens with zero attached hydrogens (tertiary/aromatic N) is 2. The summed E-state index contributed by atoms with van der Waals surface area (Å²) in [5.74, 6) is -0.636. The van der Waals surface area contributed by atoms with Gasteiger partial charge in [0.15, 0.2) is 6.10 Å². The van der Waals surface area contributed by atoms with E-state index in [0.29, 0.717) is 5.56 Å². The van der Waals surface area contributed by atoms with Gasteiger partial charge in [0.1, 0.15) is 0 Å². The number of carbonyl (C=O) groups is 1. The van der Waals surface area contributed by atoms with Crippen molar-refractivity contribution in [2.75, 3.05) is 6.61 Å². The largest absolute Gasteiger partial charge is 0.464 e. The van der Waals surface area contributed by atoms with Gasteiger partial charge in [-0.25, -0.2) is 9.78 Å². The number of ether oxygens (including phenoxy) is 1. The first-order valence-corrected chi connectivity index (χ1v) is 5.39. The number of benzene rings is 1. The molecule has 0 radical (unpaired) electrons. The van der Waals surface area contributed by atoms with Crippen molar-refractivity contribution in [3.63, 3.8) is 0 Å². The van der Waals surface area contributed by atoms with Crippen LogP contribution in [0.25, 0.3) is 11.0 Å². The lowest BCUT2D eigenvalue weighted by molar-refractivity contribution is -0.153. The van der Waals surface area contributed by atoms with Crippen LogP contribution in [0.1, 0.15) is 18.6 Å². The first-order chi connectivity index (χ1) is 8.13. The van der Waals surface area contributed by atoms with Crippen molar-refractivity contribution >= 4 is 17.0 Å². The fraction of sp³-hybridized carbons (Fsp3) is 0.333. The first kappa shape index (κ1) is 11.6. The molecule has 1 atom stereocenters. The second-order valence-electron chi connectivity index (χ2n) is 3.76. The molecule has 1 aromatic heterocycles. The van der Waals surface area contributed by atoms with E-state index in [0.717, 1.165) is 11.0 Å². The zero-order valence-corrected chi connectivity index (χ0v) is 9.75. The molecule has 2 aromatic rings. The van der Waals surface area contributed by atoms with Gasteiger partial charge in [-0.05, 0) is 24.6 Å². The van der Waals surface area contributed by atoms with E-state index in [9.17, 15) is 9.90 Å². The normalized spacial score (nSPS) is 12.6. The molecule has 17 heavy (non-hydrogen) atoms. The zero-order valence-electron chi connectivity index (χ0n) is 9.75. The fourth-order valence-electron chi connectivity index (χ4n) is 1.68. The highest BCUT2D eigenvalue weighted by molar-refractivity contribution is 5.80. The Morgan fingerprint density at radius 1 is 1.59 bits per heavy atom. The molecule has 1 unspecified atom stereocenters. The number of carbonyl (C=O) groups excluding carboxylic acids is 1. The summed E-state index contributed by atoms with van der Waals surface area (Å²) in [5.41, 5.74) is 2.19. The molecule has 0 bridgehead atoms. The lowest BCUT2D eigenvalue weighted by Crippen LogP contribution is -2.15. The number of hydrogen-bond donors (Lipinski definition) is 1. The molecule has 0 saturated heterocycles. The van der Waals surface area contributed by atoms with E-state index in [2.05, 4.69) is 4.98 Å². The maximum absolute atomic E-state index is 11.4. The molecule has 0 aliphatic carbocycles. The van der Waals surface area contributed by atoms with Gasteiger partial charge in [0.05, 0.1) is 24.0 Å². The number of imidazole rings is 1. The molecule has 1 heterocycles. The average molecular weight is 234 g/mol. The van der Waals surface area contributed by atoms with Gasteiger partial charge in [0.25, 0.3) is 0 Å². The highest BCUT2D eigenvalue weighted by atomic mass is 16.5. The van der Waals surface area contributed by atoms with Crippen LogP contribution in [0.3, 0.4) is 0 Å². The highest BCUT2D eigenvalue weighted by Gasteiger charge is 2.19. The molecule has 5 heteroatoms. The minimum atomic E-state index is -1.25. The Labute approximate surface area is 98.6 Å². The van der Waals surface area contributed by atoms with Crippen molar-refractivity contribution in [2.45, 2.75) is 13.0 Å². The standard InChI is InChI=1S/C12H14N2O3/c1-3-17-12(16)11(15)8-4-5-10-9(6-8)13-7-14(10)2/h4-7,11,15H,3H2,1-2H3. The van der Waals surface area contributed by atoms with Gasteiger partial charge in [0.2, 0.25) is 0 Å². The molecule has 0 aliphatic rings. The number of fused-ring (bicyclic) bond motifs is 1. The monoisotopic (exact) mass is 234 g/mol. The molecular weight excluding hydrogens is 220 g/mol. The van der Waals surface area contributed by atoms with Gasteiger partial charge < -0.3 is 14.4 Å². The summed E-state index contributed by atoms with van der Waals surface area (Å²) in [7, 11) is 1.89. The van der Waals surface area contributed by atoms with Gasteiger partial charge in [-0.3, -0.25) is 0 Å². The molecular formula is C12H14N2O3. The third-order valence-corrected chi connectivity index (χ3v) is 2.58. The van der Waals surface area contributed by atoms with E-state index < -0.39 is 12.1 Å². The Bertz CT molecular complexity index is 548. The van der Waals surface area contributed by atoms with E-state index in [4.69, 9.17) is 4.74 Å². The molecule has 0 amide bonds. The Morgan fingerprint density at radius 2 is 2.35 bits per heavy atom. The summed E-state index contributed by atoms with van der Waals surface area (Å²) in [6.45, 7) is 1.95. The third kappa shape index (κ3) is 2.14. The quantitative estimate of drug-likeness (QED) is 0.810. The summed E-state index contributed by atoms with van der Waals surface area (Å²) in [6.07, 6.45) is 0.437. The minimum absolute atomic E-state index is 0.252. The van der Waals surface area contributed by atoms with Crippen LogP contribution >= 0.6 is 0 Å². The fourth-order valence-corrected chi connectivity index (χ4v) is 1.68. The number of esters is 1. The number of rotatable bonds is 3. The first-order valence-electron chi connectivity index (χ1n) is 5.39. The number of aliphatic hydroxyl groups excluding tert-OH is 1. The second-order valence-corrected chi connectivity index (χ2v) is 3.76. The smallest absolute Gasteiger partial charge is 0.339 e. The maximum Gasteiger partial charge on any atom is 0.339 e. The van der Waals surface area contributed by atoms with E-state index in [1.807, 2.05) is 17.7 Å². The van der Waals surface area contributed by atoms with Crippen LogP contribution in [0.5, 0.6) is 0 Å². The lowest BCUT2D eigenvalue weighted by atomic mass is 10.1. The summed E-state index contributed by atoms with van der Waals surface area (Å²) in [6, 6.07) is 5.21. The summed E-state index contributed by atoms with van der Waals surface area (Å²) < 4.78 is 6.63. The van der Waals surface area contributed by atoms with Gasteiger partial charge in [0, 0.05) is 7.05 Å². The van der Waals surface area contributed by atoms with Crippen molar-refractivity contribution in [3.05, 3.63) is 30.1 Å². The van der Waals surface area contributed by atoms with Crippen molar-refractivity contribution < 1.29 is 14.6 Å². The Hall–Kier alpha value is -1.88. The summed E-state index contributed by atoms with van der Waals surface area (Å²) in [5, 5.41) is 9.78. The van der Waals surface area contributed by atoms with Crippen molar-refractivity contribution in [1.82, 2.24) is 9.55 Å². The van der Waals surface area contributed by atoms with Gasteiger partial charge in [-0.1, -0.05) is 6.07 Å². The second kappa shape index (κ2) is 4.55. The minimum Gasteiger partial charge on any atom is -0.464 e. The predicted octanol–water partition coefficient (Wildman–Crippen LogP) is 1.17. The van der Waals surface area contributed by atoms with Crippen molar-refractivity contribution in [1.29, 1.82) is 0 Å². The zero-order chi connectivity index (χ0) is 12.4. The Morgan fingerprint density at radius 3 is 3.06 bits per heavy atom. The molecule has 0 saturated carbocycles. The van der Waals surface area contributed by atoms with Crippen LogP contribution in [-0.2, 0) is 16.6 Å². The molecule has 1 N–H and O–H groups in total. The van der Waals surface area contributed by atoms with Crippen molar-refractivity contribution in [2.24, 2.45) is 7.05 Å². The lowest BCUT2D eigenvalue weighted by Gasteiger charge is -2.09. The number of aryl methyl sites for hydroxylation is 1. The summed E-state index contributed by atoms with van der Waals surface area (Å²) in [4.78, 5) is 15.6. The molecule has 2 rings (SSSR count). The van der Waals surface area contributed by atoms with Crippen LogP contribution in [-0.4, -0.2) is 27.2 Å². The molecule has 0 fully saturated rings. The SMILES string of the molecule is CCOC(=O)C(O)c1ccc2c(c1)ncn2C. The number of hydrogen-bond acceptors (Lipinski definition) is 4. The van der Waals surface area contributed by atoms with Crippen LogP contribution in [0, 0.1) is 0 Å². The van der Waals surface area contributed by atoms with Gasteiger partial charge in [-0.15, -0.1) is 0 Å². The maximum atomic E-state index is 11.4. The number of aliphatic hydroxyl groups is 1. The predicted molar refractivity (Wildman–Crippen MR) is 62.3 cm³/mol. The Balaban J connectivity index is 2.33. The summed E-state index contributed by atoms with van der Waals surface area (Å²) >= 11 is 0. The topological polar surface area (TPSA) is 64.3 Å². The molecule has 90 valence electrons. The van der Waals surface area contributed by atoms with E-state index in [-0.39, 0.29) is 6.61 Å². The van der Waals surface area contributed by atoms with E-state index in [1.54, 1.807) is 25.4 Å². The van der Waals surface area contributed by atoms with E-state index in [1.165, 1.54) is 0 Å². The van der Waals surface area contributed by atoms with Crippen LogP contribution in [0.15, 0.2) is 24.5 Å². The molecule has 0 spiro atoms. The Kier molecular flexibility index (Phi) is 3.10. The molecule has 5 nitrogen and oxygen atoms in total. The van der Waals surface area contributed by atoms with Crippen LogP contribution in [0.4, 0.5) is 0 Å². The van der Waals surface area contributed by atoms with Crippen molar-refractivity contribution in [3.8, 4) is 0 Å². The van der Waals surface area contributed by atoms with Crippen LogP contribution in [0.2, 0.25) is 0 Å². The highest BCUT2D eigenvalue weighted by Crippen LogP contribution is 2.20.